The number of hydrogen-bond donors (Lipinski definition) is 0. The van der Waals surface area contributed by atoms with Crippen LogP contribution in [0.1, 0.15) is 46.0 Å². The van der Waals surface area contributed by atoms with Gasteiger partial charge in [-0.15, -0.1) is 0 Å². The van der Waals surface area contributed by atoms with Crippen molar-refractivity contribution in [2.75, 3.05) is 5.33 Å². The van der Waals surface area contributed by atoms with Crippen LogP contribution in [0, 0.1) is 11.3 Å². The number of alkyl halides is 1. The third kappa shape index (κ3) is 2.47. The van der Waals surface area contributed by atoms with E-state index in [0.29, 0.717) is 5.41 Å². The van der Waals surface area contributed by atoms with Gasteiger partial charge >= 0.3 is 0 Å². The van der Waals surface area contributed by atoms with E-state index >= 15 is 0 Å². The summed E-state index contributed by atoms with van der Waals surface area (Å²) in [5.41, 5.74) is 0.713. The topological polar surface area (TPSA) is 0 Å². The fraction of sp³-hybridized carbons (Fsp3) is 1.00. The van der Waals surface area contributed by atoms with E-state index in [9.17, 15) is 0 Å². The van der Waals surface area contributed by atoms with E-state index in [-0.39, 0.29) is 0 Å². The molecule has 0 aromatic rings. The molecule has 0 aromatic carbocycles. The molecule has 0 nitrogen and oxygen atoms in total. The molecule has 1 fully saturated rings. The molecule has 66 valence electrons. The summed E-state index contributed by atoms with van der Waals surface area (Å²) >= 11 is 3.63. The maximum absolute atomic E-state index is 3.63. The first-order valence-electron chi connectivity index (χ1n) is 4.74. The Kier molecular flexibility index (Phi) is 3.42. The van der Waals surface area contributed by atoms with Crippen molar-refractivity contribution in [3.63, 3.8) is 0 Å². The molecule has 0 aromatic heterocycles. The molecule has 11 heavy (non-hydrogen) atoms. The summed E-state index contributed by atoms with van der Waals surface area (Å²) in [5.74, 6) is 0.881. The number of rotatable bonds is 4. The van der Waals surface area contributed by atoms with E-state index in [1.807, 2.05) is 0 Å². The highest BCUT2D eigenvalue weighted by atomic mass is 79.9. The molecule has 0 spiro atoms. The maximum Gasteiger partial charge on any atom is 0.00879 e. The monoisotopic (exact) mass is 218 g/mol. The Bertz CT molecular complexity index is 109. The fourth-order valence-electron chi connectivity index (χ4n) is 1.72. The van der Waals surface area contributed by atoms with E-state index in [1.165, 1.54) is 37.4 Å². The maximum atomic E-state index is 3.63. The molecule has 0 unspecified atom stereocenters. The molecule has 0 N–H and O–H groups in total. The standard InChI is InChI=1S/C10H19Br/c1-9(2)4-7-10(8-11)5-3-6-10/h9H,3-8H2,1-2H3. The lowest BCUT2D eigenvalue weighted by atomic mass is 9.67. The largest absolute Gasteiger partial charge is 0.0922 e. The van der Waals surface area contributed by atoms with E-state index in [4.69, 9.17) is 0 Å². The van der Waals surface area contributed by atoms with Gasteiger partial charge in [-0.2, -0.15) is 0 Å². The Balaban J connectivity index is 2.22. The van der Waals surface area contributed by atoms with Crippen LogP contribution in [0.5, 0.6) is 0 Å². The zero-order valence-corrected chi connectivity index (χ0v) is 9.28. The SMILES string of the molecule is CC(C)CCC1(CBr)CCC1. The van der Waals surface area contributed by atoms with E-state index in [0.717, 1.165) is 5.92 Å². The third-order valence-electron chi connectivity index (χ3n) is 2.95. The molecule has 0 amide bonds. The van der Waals surface area contributed by atoms with Crippen LogP contribution in [-0.4, -0.2) is 5.33 Å². The van der Waals surface area contributed by atoms with Crippen LogP contribution in [0.4, 0.5) is 0 Å². The lowest BCUT2D eigenvalue weighted by Crippen LogP contribution is -2.31. The second-order valence-electron chi connectivity index (χ2n) is 4.42. The molecule has 1 rings (SSSR count). The van der Waals surface area contributed by atoms with Crippen molar-refractivity contribution >= 4 is 15.9 Å². The van der Waals surface area contributed by atoms with Crippen molar-refractivity contribution in [2.45, 2.75) is 46.0 Å². The van der Waals surface area contributed by atoms with Crippen molar-refractivity contribution in [3.05, 3.63) is 0 Å². The Morgan fingerprint density at radius 1 is 1.36 bits per heavy atom. The predicted octanol–water partition coefficient (Wildman–Crippen LogP) is 3.99. The number of hydrogen-bond acceptors (Lipinski definition) is 0. The fourth-order valence-corrected chi connectivity index (χ4v) is 2.56. The smallest absolute Gasteiger partial charge is 0.00879 e. The summed E-state index contributed by atoms with van der Waals surface area (Å²) < 4.78 is 0. The summed E-state index contributed by atoms with van der Waals surface area (Å²) in [4.78, 5) is 0. The van der Waals surface area contributed by atoms with Gasteiger partial charge in [-0.05, 0) is 30.6 Å². The highest BCUT2D eigenvalue weighted by molar-refractivity contribution is 9.09. The average Bonchev–Trinajstić information content (AvgIpc) is 1.86. The molecule has 1 aliphatic carbocycles. The van der Waals surface area contributed by atoms with E-state index in [1.54, 1.807) is 0 Å². The number of halogens is 1. The van der Waals surface area contributed by atoms with Crippen molar-refractivity contribution in [1.29, 1.82) is 0 Å². The molecule has 0 atom stereocenters. The van der Waals surface area contributed by atoms with E-state index in [2.05, 4.69) is 29.8 Å². The molecule has 0 bridgehead atoms. The molecule has 1 heteroatoms. The van der Waals surface area contributed by atoms with Crippen molar-refractivity contribution in [1.82, 2.24) is 0 Å². The Morgan fingerprint density at radius 2 is 2.00 bits per heavy atom. The summed E-state index contributed by atoms with van der Waals surface area (Å²) in [6.45, 7) is 4.64. The summed E-state index contributed by atoms with van der Waals surface area (Å²) in [5, 5.41) is 1.23. The molecular weight excluding hydrogens is 200 g/mol. The van der Waals surface area contributed by atoms with Gasteiger partial charge in [0.1, 0.15) is 0 Å². The van der Waals surface area contributed by atoms with Crippen LogP contribution in [0.15, 0.2) is 0 Å². The van der Waals surface area contributed by atoms with Crippen molar-refractivity contribution in [3.8, 4) is 0 Å². The van der Waals surface area contributed by atoms with Gasteiger partial charge in [0.2, 0.25) is 0 Å². The molecule has 0 saturated heterocycles. The first kappa shape index (κ1) is 9.57. The van der Waals surface area contributed by atoms with E-state index < -0.39 is 0 Å². The minimum absolute atomic E-state index is 0.713. The second-order valence-corrected chi connectivity index (χ2v) is 4.98. The normalized spacial score (nSPS) is 21.8. The van der Waals surface area contributed by atoms with Gasteiger partial charge in [-0.25, -0.2) is 0 Å². The molecule has 0 heterocycles. The molecule has 0 aliphatic heterocycles. The lowest BCUT2D eigenvalue weighted by Gasteiger charge is -2.41. The highest BCUT2D eigenvalue weighted by Gasteiger charge is 2.35. The zero-order valence-electron chi connectivity index (χ0n) is 7.70. The predicted molar refractivity (Wildman–Crippen MR) is 54.2 cm³/mol. The minimum Gasteiger partial charge on any atom is -0.0922 e. The van der Waals surface area contributed by atoms with Gasteiger partial charge in [0.15, 0.2) is 0 Å². The van der Waals surface area contributed by atoms with Gasteiger partial charge in [-0.3, -0.25) is 0 Å². The average molecular weight is 219 g/mol. The Morgan fingerprint density at radius 3 is 2.27 bits per heavy atom. The zero-order chi connectivity index (χ0) is 8.32. The summed E-state index contributed by atoms with van der Waals surface area (Å²) in [6.07, 6.45) is 7.24. The van der Waals surface area contributed by atoms with Gasteiger partial charge in [0.05, 0.1) is 0 Å². The van der Waals surface area contributed by atoms with Crippen LogP contribution in [0.2, 0.25) is 0 Å². The van der Waals surface area contributed by atoms with Crippen LogP contribution >= 0.6 is 15.9 Å². The highest BCUT2D eigenvalue weighted by Crippen LogP contribution is 2.46. The Labute approximate surface area is 78.9 Å². The quantitative estimate of drug-likeness (QED) is 0.627. The summed E-state index contributed by atoms with van der Waals surface area (Å²) in [6, 6.07) is 0. The van der Waals surface area contributed by atoms with Crippen LogP contribution < -0.4 is 0 Å². The first-order valence-corrected chi connectivity index (χ1v) is 5.87. The van der Waals surface area contributed by atoms with Gasteiger partial charge in [0, 0.05) is 5.33 Å². The van der Waals surface area contributed by atoms with Crippen molar-refractivity contribution in [2.24, 2.45) is 11.3 Å². The lowest BCUT2D eigenvalue weighted by molar-refractivity contribution is 0.144. The van der Waals surface area contributed by atoms with Gasteiger partial charge in [0.25, 0.3) is 0 Å². The van der Waals surface area contributed by atoms with Crippen LogP contribution in [0.3, 0.4) is 0 Å². The second kappa shape index (κ2) is 3.93. The molecule has 1 aliphatic rings. The molecular formula is C10H19Br. The first-order chi connectivity index (χ1) is 5.18. The van der Waals surface area contributed by atoms with Gasteiger partial charge in [-0.1, -0.05) is 42.6 Å². The Hall–Kier alpha value is 0.480. The molecule has 1 saturated carbocycles. The third-order valence-corrected chi connectivity index (χ3v) is 4.14. The van der Waals surface area contributed by atoms with Crippen LogP contribution in [-0.2, 0) is 0 Å². The molecule has 0 radical (unpaired) electrons. The summed E-state index contributed by atoms with van der Waals surface area (Å²) in [7, 11) is 0. The van der Waals surface area contributed by atoms with Crippen LogP contribution in [0.25, 0.3) is 0 Å². The van der Waals surface area contributed by atoms with Crippen molar-refractivity contribution < 1.29 is 0 Å². The minimum atomic E-state index is 0.713. The van der Waals surface area contributed by atoms with Gasteiger partial charge < -0.3 is 0 Å².